The van der Waals surface area contributed by atoms with Crippen LogP contribution in [-0.4, -0.2) is 16.1 Å². The van der Waals surface area contributed by atoms with E-state index in [2.05, 4.69) is 56.9 Å². The summed E-state index contributed by atoms with van der Waals surface area (Å²) in [4.78, 5) is 4.51. The quantitative estimate of drug-likeness (QED) is 0.772. The molecule has 1 unspecified atom stereocenters. The lowest BCUT2D eigenvalue weighted by molar-refractivity contribution is 0.516. The molecule has 1 aromatic carbocycles. The number of likely N-dealkylation sites (N-methyl/N-ethyl adjacent to an activating group) is 1. The number of rotatable bonds is 7. The highest BCUT2D eigenvalue weighted by atomic mass is 79.9. The largest absolute Gasteiger partial charge is 0.335 e. The van der Waals surface area contributed by atoms with Crippen molar-refractivity contribution in [2.24, 2.45) is 0 Å². The first kappa shape index (κ1) is 16.5. The smallest absolute Gasteiger partial charge is 0.110 e. The van der Waals surface area contributed by atoms with E-state index in [1.54, 1.807) is 0 Å². The third kappa shape index (κ3) is 4.56. The fourth-order valence-electron chi connectivity index (χ4n) is 2.49. The van der Waals surface area contributed by atoms with Crippen molar-refractivity contribution in [3.8, 4) is 0 Å². The van der Waals surface area contributed by atoms with Crippen LogP contribution in [0.4, 0.5) is 0 Å². The van der Waals surface area contributed by atoms with Crippen molar-refractivity contribution in [2.45, 2.75) is 39.3 Å². The van der Waals surface area contributed by atoms with Crippen molar-refractivity contribution in [2.75, 3.05) is 6.54 Å². The van der Waals surface area contributed by atoms with Crippen LogP contribution < -0.4 is 5.32 Å². The summed E-state index contributed by atoms with van der Waals surface area (Å²) in [5.74, 6) is 1.11. The number of hydrogen-bond donors (Lipinski definition) is 1. The Morgan fingerprint density at radius 1 is 1.33 bits per heavy atom. The molecule has 0 radical (unpaired) electrons. The van der Waals surface area contributed by atoms with Gasteiger partial charge in [0.1, 0.15) is 5.82 Å². The molecule has 0 aliphatic rings. The summed E-state index contributed by atoms with van der Waals surface area (Å²) in [7, 11) is 0. The fraction of sp³-hybridized carbons (Fsp3) is 0.438. The average molecular weight is 371 g/mol. The van der Waals surface area contributed by atoms with Crippen LogP contribution in [0.5, 0.6) is 0 Å². The lowest BCUT2D eigenvalue weighted by Crippen LogP contribution is -2.24. The molecule has 2 aromatic rings. The summed E-state index contributed by atoms with van der Waals surface area (Å²) in [6, 6.07) is 6.26. The van der Waals surface area contributed by atoms with E-state index in [0.29, 0.717) is 0 Å². The fourth-order valence-corrected chi connectivity index (χ4v) is 3.37. The van der Waals surface area contributed by atoms with Crippen LogP contribution in [0.2, 0.25) is 5.02 Å². The van der Waals surface area contributed by atoms with Gasteiger partial charge in [0.15, 0.2) is 0 Å². The molecule has 114 valence electrons. The second-order valence-electron chi connectivity index (χ2n) is 5.05. The van der Waals surface area contributed by atoms with E-state index in [1.165, 1.54) is 5.56 Å². The summed E-state index contributed by atoms with van der Waals surface area (Å²) in [5.41, 5.74) is 1.18. The van der Waals surface area contributed by atoms with Crippen molar-refractivity contribution in [1.29, 1.82) is 0 Å². The Morgan fingerprint density at radius 2 is 2.14 bits per heavy atom. The van der Waals surface area contributed by atoms with Crippen LogP contribution in [-0.2, 0) is 13.0 Å². The molecule has 0 aliphatic heterocycles. The molecule has 0 saturated heterocycles. The second kappa shape index (κ2) is 7.97. The molecule has 0 saturated carbocycles. The SMILES string of the molecule is CCCn1ccnc1CC(NCC)c1cc(Cl)cc(Br)c1. The lowest BCUT2D eigenvalue weighted by atomic mass is 10.0. The molecule has 0 aliphatic carbocycles. The van der Waals surface area contributed by atoms with Crippen molar-refractivity contribution < 1.29 is 0 Å². The standard InChI is InChI=1S/C16H21BrClN3/c1-3-6-21-7-5-20-16(21)11-15(19-4-2)12-8-13(17)10-14(18)9-12/h5,7-10,15,19H,3-4,6,11H2,1-2H3. The van der Waals surface area contributed by atoms with Gasteiger partial charge >= 0.3 is 0 Å². The molecule has 1 aromatic heterocycles. The Labute approximate surface area is 139 Å². The summed E-state index contributed by atoms with van der Waals surface area (Å²) < 4.78 is 3.23. The van der Waals surface area contributed by atoms with Crippen LogP contribution in [0.25, 0.3) is 0 Å². The molecule has 0 amide bonds. The van der Waals surface area contributed by atoms with E-state index in [9.17, 15) is 0 Å². The second-order valence-corrected chi connectivity index (χ2v) is 6.41. The molecule has 1 heterocycles. The van der Waals surface area contributed by atoms with E-state index in [4.69, 9.17) is 11.6 Å². The normalized spacial score (nSPS) is 12.6. The minimum atomic E-state index is 0.211. The van der Waals surface area contributed by atoms with Crippen molar-refractivity contribution in [3.63, 3.8) is 0 Å². The molecular formula is C16H21BrClN3. The van der Waals surface area contributed by atoms with Crippen molar-refractivity contribution in [1.82, 2.24) is 14.9 Å². The number of nitrogens with zero attached hydrogens (tertiary/aromatic N) is 2. The van der Waals surface area contributed by atoms with Crippen molar-refractivity contribution >= 4 is 27.5 Å². The zero-order valence-electron chi connectivity index (χ0n) is 12.4. The molecule has 0 bridgehead atoms. The van der Waals surface area contributed by atoms with Crippen LogP contribution >= 0.6 is 27.5 Å². The predicted molar refractivity (Wildman–Crippen MR) is 91.8 cm³/mol. The Morgan fingerprint density at radius 3 is 2.81 bits per heavy atom. The van der Waals surface area contributed by atoms with Gasteiger partial charge in [-0.3, -0.25) is 0 Å². The van der Waals surface area contributed by atoms with Gasteiger partial charge in [-0.1, -0.05) is 41.4 Å². The van der Waals surface area contributed by atoms with Gasteiger partial charge in [-0.05, 0) is 36.7 Å². The molecular weight excluding hydrogens is 350 g/mol. The van der Waals surface area contributed by atoms with Gasteiger partial charge in [0.25, 0.3) is 0 Å². The number of imidazole rings is 1. The molecule has 1 atom stereocenters. The predicted octanol–water partition coefficient (Wildman–Crippen LogP) is 4.60. The van der Waals surface area contributed by atoms with Gasteiger partial charge in [-0.15, -0.1) is 0 Å². The number of halogens is 2. The van der Waals surface area contributed by atoms with Crippen molar-refractivity contribution in [3.05, 3.63) is 51.5 Å². The highest BCUT2D eigenvalue weighted by Gasteiger charge is 2.15. The minimum absolute atomic E-state index is 0.211. The minimum Gasteiger partial charge on any atom is -0.335 e. The molecule has 3 nitrogen and oxygen atoms in total. The van der Waals surface area contributed by atoms with Crippen LogP contribution in [0.15, 0.2) is 35.1 Å². The summed E-state index contributed by atoms with van der Waals surface area (Å²) in [6.07, 6.45) is 5.89. The highest BCUT2D eigenvalue weighted by molar-refractivity contribution is 9.10. The third-order valence-electron chi connectivity index (χ3n) is 3.39. The van der Waals surface area contributed by atoms with Gasteiger partial charge in [0, 0.05) is 40.9 Å². The Hall–Kier alpha value is -0.840. The van der Waals surface area contributed by atoms with Gasteiger partial charge in [-0.25, -0.2) is 4.98 Å². The topological polar surface area (TPSA) is 29.9 Å². The maximum absolute atomic E-state index is 6.18. The third-order valence-corrected chi connectivity index (χ3v) is 4.07. The Kier molecular flexibility index (Phi) is 6.27. The first-order valence-corrected chi connectivity index (χ1v) is 8.50. The summed E-state index contributed by atoms with van der Waals surface area (Å²) >= 11 is 9.70. The zero-order valence-corrected chi connectivity index (χ0v) is 14.8. The molecule has 0 fully saturated rings. The molecule has 2 rings (SSSR count). The Balaban J connectivity index is 2.24. The van der Waals surface area contributed by atoms with Gasteiger partial charge in [-0.2, -0.15) is 0 Å². The van der Waals surface area contributed by atoms with Crippen LogP contribution in [0.1, 0.15) is 37.7 Å². The molecule has 0 spiro atoms. The number of nitrogens with one attached hydrogen (secondary N) is 1. The monoisotopic (exact) mass is 369 g/mol. The van der Waals surface area contributed by atoms with Crippen LogP contribution in [0, 0.1) is 0 Å². The van der Waals surface area contributed by atoms with Gasteiger partial charge < -0.3 is 9.88 Å². The van der Waals surface area contributed by atoms with Gasteiger partial charge in [0.05, 0.1) is 0 Å². The van der Waals surface area contributed by atoms with E-state index in [0.717, 1.165) is 41.3 Å². The summed E-state index contributed by atoms with van der Waals surface area (Å²) in [5, 5.41) is 4.28. The number of benzene rings is 1. The maximum atomic E-state index is 6.18. The maximum Gasteiger partial charge on any atom is 0.110 e. The highest BCUT2D eigenvalue weighted by Crippen LogP contribution is 2.26. The van der Waals surface area contributed by atoms with E-state index < -0.39 is 0 Å². The van der Waals surface area contributed by atoms with E-state index in [-0.39, 0.29) is 6.04 Å². The van der Waals surface area contributed by atoms with Crippen LogP contribution in [0.3, 0.4) is 0 Å². The zero-order chi connectivity index (χ0) is 15.2. The van der Waals surface area contributed by atoms with Gasteiger partial charge in [0.2, 0.25) is 0 Å². The first-order chi connectivity index (χ1) is 10.1. The molecule has 5 heteroatoms. The number of hydrogen-bond acceptors (Lipinski definition) is 2. The molecule has 21 heavy (non-hydrogen) atoms. The number of aromatic nitrogens is 2. The Bertz CT molecular complexity index is 562. The lowest BCUT2D eigenvalue weighted by Gasteiger charge is -2.19. The average Bonchev–Trinajstić information content (AvgIpc) is 2.85. The summed E-state index contributed by atoms with van der Waals surface area (Å²) in [6.45, 7) is 6.21. The van der Waals surface area contributed by atoms with E-state index >= 15 is 0 Å². The number of aryl methyl sites for hydroxylation is 1. The first-order valence-electron chi connectivity index (χ1n) is 7.33. The molecule has 1 N–H and O–H groups in total. The van der Waals surface area contributed by atoms with E-state index in [1.807, 2.05) is 18.3 Å².